The van der Waals surface area contributed by atoms with Crippen molar-refractivity contribution in [1.82, 2.24) is 5.32 Å². The molecule has 0 amide bonds. The molecule has 1 N–H and O–H groups in total. The summed E-state index contributed by atoms with van der Waals surface area (Å²) in [5, 5.41) is 4.06. The van der Waals surface area contributed by atoms with Gasteiger partial charge in [0.05, 0.1) is 13.2 Å². The summed E-state index contributed by atoms with van der Waals surface area (Å²) in [5.41, 5.74) is 0.482. The lowest BCUT2D eigenvalue weighted by Gasteiger charge is -2.54. The van der Waals surface area contributed by atoms with Crippen LogP contribution in [-0.4, -0.2) is 49.4 Å². The minimum absolute atomic E-state index is 0.0369. The summed E-state index contributed by atoms with van der Waals surface area (Å²) in [5.74, 6) is 0.0737. The Labute approximate surface area is 380 Å². The fourth-order valence-electron chi connectivity index (χ4n) is 10.0. The summed E-state index contributed by atoms with van der Waals surface area (Å²) < 4.78 is 17.8. The van der Waals surface area contributed by atoms with Gasteiger partial charge in [0.1, 0.15) is 12.2 Å². The number of rotatable bonds is 46. The summed E-state index contributed by atoms with van der Waals surface area (Å²) in [4.78, 5) is 25.9. The molecular weight excluding hydrogens is 755 g/mol. The first-order valence-electron chi connectivity index (χ1n) is 27.7. The summed E-state index contributed by atoms with van der Waals surface area (Å²) in [7, 11) is 0. The van der Waals surface area contributed by atoms with Crippen molar-refractivity contribution in [2.24, 2.45) is 5.41 Å². The molecule has 360 valence electrons. The van der Waals surface area contributed by atoms with Gasteiger partial charge in [-0.3, -0.25) is 9.59 Å². The lowest BCUT2D eigenvalue weighted by molar-refractivity contribution is -0.168. The largest absolute Gasteiger partial charge is 0.462 e. The Morgan fingerprint density at radius 3 is 1.05 bits per heavy atom. The van der Waals surface area contributed by atoms with E-state index in [9.17, 15) is 9.59 Å². The van der Waals surface area contributed by atoms with Crippen LogP contribution in [0.25, 0.3) is 0 Å². The summed E-state index contributed by atoms with van der Waals surface area (Å²) in [6.45, 7) is 11.0. The number of esters is 2. The van der Waals surface area contributed by atoms with E-state index in [1.165, 1.54) is 205 Å². The Balaban J connectivity index is 1.67. The van der Waals surface area contributed by atoms with Crippen LogP contribution in [-0.2, 0) is 23.8 Å². The van der Waals surface area contributed by atoms with Gasteiger partial charge in [-0.25, -0.2) is 0 Å². The van der Waals surface area contributed by atoms with Crippen molar-refractivity contribution in [1.29, 1.82) is 0 Å². The van der Waals surface area contributed by atoms with E-state index in [1.807, 2.05) is 0 Å². The van der Waals surface area contributed by atoms with Gasteiger partial charge in [-0.15, -0.1) is 0 Å². The van der Waals surface area contributed by atoms with Gasteiger partial charge in [-0.1, -0.05) is 195 Å². The van der Waals surface area contributed by atoms with Crippen LogP contribution >= 0.6 is 0 Å². The molecule has 2 aliphatic rings. The van der Waals surface area contributed by atoms with Crippen molar-refractivity contribution >= 4 is 11.9 Å². The van der Waals surface area contributed by atoms with Gasteiger partial charge in [0, 0.05) is 30.3 Å². The van der Waals surface area contributed by atoms with E-state index < -0.39 is 0 Å². The molecule has 0 radical (unpaired) electrons. The van der Waals surface area contributed by atoms with Crippen LogP contribution in [0.15, 0.2) is 0 Å². The molecular formula is C55H105NO5. The Kier molecular flexibility index (Phi) is 36.0. The van der Waals surface area contributed by atoms with Crippen molar-refractivity contribution in [2.45, 2.75) is 322 Å². The van der Waals surface area contributed by atoms with Gasteiger partial charge >= 0.3 is 11.9 Å². The number of unbranched alkanes of at least 4 members (excludes halogenated alkanes) is 26. The molecule has 0 aromatic rings. The van der Waals surface area contributed by atoms with Crippen LogP contribution in [0.4, 0.5) is 0 Å². The number of hydrogen-bond donors (Lipinski definition) is 1. The van der Waals surface area contributed by atoms with Gasteiger partial charge in [0.15, 0.2) is 0 Å². The molecule has 1 heterocycles. The second-order valence-corrected chi connectivity index (χ2v) is 20.3. The summed E-state index contributed by atoms with van der Waals surface area (Å²) in [6, 6.07) is 1.20. The van der Waals surface area contributed by atoms with Gasteiger partial charge in [0.25, 0.3) is 0 Å². The predicted molar refractivity (Wildman–Crippen MR) is 260 cm³/mol. The lowest BCUT2D eigenvalue weighted by atomic mass is 9.64. The maximum atomic E-state index is 12.9. The number of nitrogens with one attached hydrogen (secondary N) is 1. The third kappa shape index (κ3) is 30.6. The fourth-order valence-corrected chi connectivity index (χ4v) is 10.0. The van der Waals surface area contributed by atoms with E-state index in [-0.39, 0.29) is 24.1 Å². The molecule has 1 saturated heterocycles. The number of carbonyl (C=O) groups excluding carboxylic acids is 2. The fraction of sp³-hybridized carbons (Fsp3) is 0.964. The van der Waals surface area contributed by atoms with E-state index >= 15 is 0 Å². The Bertz CT molecular complexity index is 897. The quantitative estimate of drug-likeness (QED) is 0.0485. The molecule has 2 fully saturated rings. The third-order valence-corrected chi connectivity index (χ3v) is 14.1. The van der Waals surface area contributed by atoms with Crippen LogP contribution in [0.5, 0.6) is 0 Å². The van der Waals surface area contributed by atoms with Crippen molar-refractivity contribution in [3.8, 4) is 0 Å². The first kappa shape index (κ1) is 56.0. The third-order valence-electron chi connectivity index (χ3n) is 14.1. The van der Waals surface area contributed by atoms with Gasteiger partial charge in [-0.05, 0) is 89.9 Å². The van der Waals surface area contributed by atoms with E-state index in [0.29, 0.717) is 30.3 Å². The number of carbonyl (C=O) groups is 2. The first-order chi connectivity index (χ1) is 29.9. The molecule has 0 aromatic carbocycles. The monoisotopic (exact) mass is 860 g/mol. The standard InChI is InChI=1S/C55H105NO5/c1-5-9-13-17-21-31-39-51(40-32-22-18-14-10-6-2)60-53(57)43-35-27-25-29-37-49(56-50-45-55(46-50)47-59-48-55)38-30-26-28-36-44-54(58)61-52(41-33-23-19-15-11-7-3)42-34-24-20-16-12-8-4/h49-52,56H,5-48H2,1-4H3. The van der Waals surface area contributed by atoms with E-state index in [0.717, 1.165) is 64.6 Å². The minimum Gasteiger partial charge on any atom is -0.462 e. The maximum Gasteiger partial charge on any atom is 0.306 e. The second-order valence-electron chi connectivity index (χ2n) is 20.3. The average Bonchev–Trinajstić information content (AvgIpc) is 3.22. The number of ether oxygens (including phenoxy) is 3. The van der Waals surface area contributed by atoms with Crippen molar-refractivity contribution in [3.05, 3.63) is 0 Å². The molecule has 0 unspecified atom stereocenters. The molecule has 2 rings (SSSR count). The smallest absolute Gasteiger partial charge is 0.306 e. The minimum atomic E-state index is 0.0369. The molecule has 1 spiro atoms. The van der Waals surface area contributed by atoms with Crippen LogP contribution < -0.4 is 5.32 Å². The van der Waals surface area contributed by atoms with Crippen molar-refractivity contribution in [2.75, 3.05) is 13.2 Å². The van der Waals surface area contributed by atoms with E-state index in [4.69, 9.17) is 14.2 Å². The molecule has 61 heavy (non-hydrogen) atoms. The number of hydrogen-bond acceptors (Lipinski definition) is 6. The van der Waals surface area contributed by atoms with Crippen molar-refractivity contribution in [3.63, 3.8) is 0 Å². The molecule has 6 heteroatoms. The first-order valence-corrected chi connectivity index (χ1v) is 27.7. The molecule has 0 atom stereocenters. The van der Waals surface area contributed by atoms with Gasteiger partial charge in [-0.2, -0.15) is 0 Å². The average molecular weight is 860 g/mol. The Morgan fingerprint density at radius 1 is 0.443 bits per heavy atom. The van der Waals surface area contributed by atoms with Gasteiger partial charge < -0.3 is 19.5 Å². The molecule has 0 aromatic heterocycles. The highest BCUT2D eigenvalue weighted by atomic mass is 16.5. The van der Waals surface area contributed by atoms with Crippen LogP contribution in [0.3, 0.4) is 0 Å². The molecule has 1 aliphatic carbocycles. The predicted octanol–water partition coefficient (Wildman–Crippen LogP) is 16.6. The highest BCUT2D eigenvalue weighted by molar-refractivity contribution is 5.69. The zero-order valence-corrected chi connectivity index (χ0v) is 41.5. The van der Waals surface area contributed by atoms with Crippen LogP contribution in [0.1, 0.15) is 297 Å². The normalized spacial score (nSPS) is 14.9. The maximum absolute atomic E-state index is 12.9. The van der Waals surface area contributed by atoms with Crippen LogP contribution in [0, 0.1) is 5.41 Å². The van der Waals surface area contributed by atoms with Crippen molar-refractivity contribution < 1.29 is 23.8 Å². The lowest BCUT2D eigenvalue weighted by Crippen LogP contribution is -2.60. The summed E-state index contributed by atoms with van der Waals surface area (Å²) in [6.07, 6.45) is 50.4. The van der Waals surface area contributed by atoms with Crippen LogP contribution in [0.2, 0.25) is 0 Å². The van der Waals surface area contributed by atoms with Gasteiger partial charge in [0.2, 0.25) is 0 Å². The molecule has 6 nitrogen and oxygen atoms in total. The highest BCUT2D eigenvalue weighted by Crippen LogP contribution is 2.47. The zero-order valence-electron chi connectivity index (χ0n) is 41.5. The van der Waals surface area contributed by atoms with E-state index in [2.05, 4.69) is 33.0 Å². The zero-order chi connectivity index (χ0) is 43.9. The highest BCUT2D eigenvalue weighted by Gasteiger charge is 2.49. The van der Waals surface area contributed by atoms with E-state index in [1.54, 1.807) is 0 Å². The topological polar surface area (TPSA) is 73.9 Å². The second kappa shape index (κ2) is 39.2. The SMILES string of the molecule is CCCCCCCCC(CCCCCCCC)OC(=O)CCCCCCC(CCCCCCC(=O)OC(CCCCCCCC)CCCCCCCC)NC1CC2(COC2)C1. The molecule has 1 saturated carbocycles. The molecule has 1 aliphatic heterocycles. The Morgan fingerprint density at radius 2 is 0.738 bits per heavy atom. The summed E-state index contributed by atoms with van der Waals surface area (Å²) >= 11 is 0. The Hall–Kier alpha value is -1.14. The molecule has 0 bridgehead atoms.